The highest BCUT2D eigenvalue weighted by Crippen LogP contribution is 2.55. The van der Waals surface area contributed by atoms with Crippen molar-refractivity contribution in [2.75, 3.05) is 25.0 Å². The minimum Gasteiger partial charge on any atom is -0.359 e. The summed E-state index contributed by atoms with van der Waals surface area (Å²) in [5, 5.41) is 7.04. The number of carbonyl (C=O) groups excluding carboxylic acids is 3. The Morgan fingerprint density at radius 3 is 2.50 bits per heavy atom. The third-order valence-corrected chi connectivity index (χ3v) is 11.1. The number of hydrogen-bond acceptors (Lipinski definition) is 5. The van der Waals surface area contributed by atoms with Crippen LogP contribution < -0.4 is 10.6 Å². The standard InChI is InChI=1S/C32H42Cl2N4O4/c1-18-7-6-9-24(20(18)3)36-30(40)28-32-11-10-25(42-32)26(29(39)35-23-16-21(33)15-22(34)17-23)27(32)31(41)38(28)14-13-37-12-5-4-8-19(37)2/h10-11,15-20,24-28H,4-9,12-14H2,1-3H3,(H,35,39)(H,36,40)/t18-,19+,20-,24+,25+,26-,27+,28+,32+/m1/s1. The predicted octanol–water partition coefficient (Wildman–Crippen LogP) is 4.90. The van der Waals surface area contributed by atoms with Gasteiger partial charge in [-0.25, -0.2) is 0 Å². The maximum atomic E-state index is 14.3. The number of fused-ring (bicyclic) bond motifs is 1. The summed E-state index contributed by atoms with van der Waals surface area (Å²) in [7, 11) is 0. The van der Waals surface area contributed by atoms with Crippen molar-refractivity contribution in [1.82, 2.24) is 15.1 Å². The third kappa shape index (κ3) is 5.27. The van der Waals surface area contributed by atoms with E-state index in [0.717, 1.165) is 38.6 Å². The lowest BCUT2D eigenvalue weighted by atomic mass is 9.73. The number of ether oxygens (including phenoxy) is 1. The van der Waals surface area contributed by atoms with Crippen molar-refractivity contribution in [2.45, 2.75) is 89.1 Å². The van der Waals surface area contributed by atoms with E-state index in [1.165, 1.54) is 6.42 Å². The largest absolute Gasteiger partial charge is 0.359 e. The monoisotopic (exact) mass is 616 g/mol. The molecule has 3 saturated heterocycles. The first-order valence-electron chi connectivity index (χ1n) is 15.6. The number of benzene rings is 1. The number of nitrogens with one attached hydrogen (secondary N) is 2. The topological polar surface area (TPSA) is 91.0 Å². The molecule has 3 amide bonds. The third-order valence-electron chi connectivity index (χ3n) is 10.7. The van der Waals surface area contributed by atoms with Crippen molar-refractivity contribution in [3.8, 4) is 0 Å². The van der Waals surface area contributed by atoms with Crippen LogP contribution in [0.3, 0.4) is 0 Å². The summed E-state index contributed by atoms with van der Waals surface area (Å²) >= 11 is 12.3. The first-order valence-corrected chi connectivity index (χ1v) is 16.3. The summed E-state index contributed by atoms with van der Waals surface area (Å²) in [4.78, 5) is 46.4. The highest BCUT2D eigenvalue weighted by Gasteiger charge is 2.72. The lowest BCUT2D eigenvalue weighted by Crippen LogP contribution is -2.58. The molecule has 2 N–H and O–H groups in total. The van der Waals surface area contributed by atoms with Crippen molar-refractivity contribution >= 4 is 46.6 Å². The van der Waals surface area contributed by atoms with Crippen LogP contribution in [0.4, 0.5) is 5.69 Å². The molecule has 6 rings (SSSR count). The van der Waals surface area contributed by atoms with E-state index in [1.54, 1.807) is 23.1 Å². The van der Waals surface area contributed by atoms with Crippen LogP contribution in [0.1, 0.15) is 59.3 Å². The Morgan fingerprint density at radius 2 is 1.76 bits per heavy atom. The molecule has 4 fully saturated rings. The number of halogens is 2. The molecule has 9 atom stereocenters. The quantitative estimate of drug-likeness (QED) is 0.425. The summed E-state index contributed by atoms with van der Waals surface area (Å²) in [5.74, 6) is -1.43. The molecule has 1 aromatic carbocycles. The molecule has 1 saturated carbocycles. The molecule has 2 bridgehead atoms. The average Bonchev–Trinajstić information content (AvgIpc) is 3.57. The van der Waals surface area contributed by atoms with Crippen molar-refractivity contribution in [2.24, 2.45) is 23.7 Å². The Hall–Kier alpha value is -2.13. The van der Waals surface area contributed by atoms with Crippen LogP contribution in [-0.2, 0) is 19.1 Å². The van der Waals surface area contributed by atoms with E-state index in [0.29, 0.717) is 46.7 Å². The van der Waals surface area contributed by atoms with Gasteiger partial charge in [0.05, 0.1) is 17.9 Å². The van der Waals surface area contributed by atoms with Gasteiger partial charge in [-0.2, -0.15) is 0 Å². The van der Waals surface area contributed by atoms with Gasteiger partial charge in [0, 0.05) is 40.9 Å². The number of carbonyl (C=O) groups is 3. The zero-order chi connectivity index (χ0) is 29.8. The molecular formula is C32H42Cl2N4O4. The first-order chi connectivity index (χ1) is 20.1. The van der Waals surface area contributed by atoms with E-state index in [9.17, 15) is 14.4 Å². The van der Waals surface area contributed by atoms with Gasteiger partial charge in [0.25, 0.3) is 0 Å². The smallest absolute Gasteiger partial charge is 0.246 e. The molecule has 4 aliphatic heterocycles. The lowest BCUT2D eigenvalue weighted by Gasteiger charge is -2.39. The van der Waals surface area contributed by atoms with Crippen LogP contribution in [0.5, 0.6) is 0 Å². The Balaban J connectivity index is 1.28. The second-order valence-electron chi connectivity index (χ2n) is 13.1. The van der Waals surface area contributed by atoms with Crippen molar-refractivity contribution in [1.29, 1.82) is 0 Å². The zero-order valence-corrected chi connectivity index (χ0v) is 26.2. The van der Waals surface area contributed by atoms with Gasteiger partial charge in [-0.15, -0.1) is 0 Å². The Bertz CT molecular complexity index is 1250. The van der Waals surface area contributed by atoms with E-state index in [-0.39, 0.29) is 23.8 Å². The Morgan fingerprint density at radius 1 is 1.00 bits per heavy atom. The maximum Gasteiger partial charge on any atom is 0.246 e. The fourth-order valence-corrected chi connectivity index (χ4v) is 8.66. The van der Waals surface area contributed by atoms with Crippen molar-refractivity contribution < 1.29 is 19.1 Å². The second kappa shape index (κ2) is 11.8. The Kier molecular flexibility index (Phi) is 8.37. The predicted molar refractivity (Wildman–Crippen MR) is 163 cm³/mol. The van der Waals surface area contributed by atoms with Gasteiger partial charge in [-0.05, 0) is 62.8 Å². The molecule has 0 radical (unpaired) electrons. The van der Waals surface area contributed by atoms with Gasteiger partial charge >= 0.3 is 0 Å². The second-order valence-corrected chi connectivity index (χ2v) is 14.0. The van der Waals surface area contributed by atoms with Crippen molar-refractivity contribution in [3.63, 3.8) is 0 Å². The maximum absolute atomic E-state index is 14.3. The first kappa shape index (κ1) is 29.9. The number of hydrogen-bond donors (Lipinski definition) is 2. The van der Waals surface area contributed by atoms with Gasteiger partial charge < -0.3 is 20.3 Å². The van der Waals surface area contributed by atoms with E-state index in [2.05, 4.69) is 36.3 Å². The van der Waals surface area contributed by atoms with Gasteiger partial charge in [0.15, 0.2) is 0 Å². The highest BCUT2D eigenvalue weighted by molar-refractivity contribution is 6.35. The average molecular weight is 618 g/mol. The summed E-state index contributed by atoms with van der Waals surface area (Å²) in [6, 6.07) is 4.48. The lowest BCUT2D eigenvalue weighted by molar-refractivity contribution is -0.142. The SMILES string of the molecule is C[C@@H]1[C@H](C)CCC[C@@H]1NC(=O)[C@@H]1N(CCN2CCCC[C@@H]2C)C(=O)[C@@H]2[C@H](C(=O)Nc3cc(Cl)cc(Cl)c3)[C@@H]3C=C[C@]21O3. The number of rotatable bonds is 7. The van der Waals surface area contributed by atoms with Crippen LogP contribution in [0, 0.1) is 23.7 Å². The van der Waals surface area contributed by atoms with Gasteiger partial charge in [0.2, 0.25) is 17.7 Å². The molecule has 0 unspecified atom stereocenters. The van der Waals surface area contributed by atoms with E-state index < -0.39 is 29.6 Å². The molecule has 0 aromatic heterocycles. The van der Waals surface area contributed by atoms with Crippen LogP contribution in [0.2, 0.25) is 10.0 Å². The van der Waals surface area contributed by atoms with Gasteiger partial charge in [-0.1, -0.05) is 68.5 Å². The van der Waals surface area contributed by atoms with Crippen LogP contribution in [-0.4, -0.2) is 77.0 Å². The number of amides is 3. The summed E-state index contributed by atoms with van der Waals surface area (Å²) in [5.41, 5.74) is -0.731. The molecule has 228 valence electrons. The Labute approximate surface area is 258 Å². The molecular weight excluding hydrogens is 575 g/mol. The summed E-state index contributed by atoms with van der Waals surface area (Å²) in [6.07, 6.45) is 9.75. The molecule has 1 aliphatic carbocycles. The van der Waals surface area contributed by atoms with Gasteiger partial charge in [-0.3, -0.25) is 19.3 Å². The molecule has 10 heteroatoms. The normalized spacial score (nSPS) is 37.6. The van der Waals surface area contributed by atoms with E-state index in [4.69, 9.17) is 27.9 Å². The molecule has 8 nitrogen and oxygen atoms in total. The fraction of sp³-hybridized carbons (Fsp3) is 0.656. The number of nitrogens with zero attached hydrogens (tertiary/aromatic N) is 2. The molecule has 4 heterocycles. The minimum atomic E-state index is -1.18. The minimum absolute atomic E-state index is 0.0463. The molecule has 42 heavy (non-hydrogen) atoms. The van der Waals surface area contributed by atoms with Crippen LogP contribution in [0.15, 0.2) is 30.4 Å². The molecule has 5 aliphatic rings. The van der Waals surface area contributed by atoms with Crippen LogP contribution in [0.25, 0.3) is 0 Å². The number of likely N-dealkylation sites (tertiary alicyclic amines) is 2. The summed E-state index contributed by atoms with van der Waals surface area (Å²) in [6.45, 7) is 8.74. The highest BCUT2D eigenvalue weighted by atomic mass is 35.5. The fourth-order valence-electron chi connectivity index (χ4n) is 8.13. The summed E-state index contributed by atoms with van der Waals surface area (Å²) < 4.78 is 6.53. The van der Waals surface area contributed by atoms with E-state index >= 15 is 0 Å². The molecule has 1 aromatic rings. The molecule has 1 spiro atoms. The van der Waals surface area contributed by atoms with Crippen molar-refractivity contribution in [3.05, 3.63) is 40.4 Å². The number of anilines is 1. The number of piperidine rings is 1. The van der Waals surface area contributed by atoms with Crippen LogP contribution >= 0.6 is 23.2 Å². The van der Waals surface area contributed by atoms with Gasteiger partial charge in [0.1, 0.15) is 11.6 Å². The van der Waals surface area contributed by atoms with E-state index in [1.807, 2.05) is 12.2 Å². The zero-order valence-electron chi connectivity index (χ0n) is 24.7.